The highest BCUT2D eigenvalue weighted by atomic mass is 16.1. The molecule has 0 radical (unpaired) electrons. The maximum absolute atomic E-state index is 10.4. The summed E-state index contributed by atoms with van der Waals surface area (Å²) in [4.78, 5) is 14.2. The molecule has 18 heavy (non-hydrogen) atoms. The zero-order valence-corrected chi connectivity index (χ0v) is 10.6. The summed E-state index contributed by atoms with van der Waals surface area (Å²) in [7, 11) is 0. The Kier molecular flexibility index (Phi) is 3.40. The molecule has 0 saturated heterocycles. The molecule has 0 unspecified atom stereocenters. The van der Waals surface area contributed by atoms with E-state index in [0.29, 0.717) is 0 Å². The summed E-state index contributed by atoms with van der Waals surface area (Å²) < 4.78 is 0. The summed E-state index contributed by atoms with van der Waals surface area (Å²) in [5.41, 5.74) is 2.83. The van der Waals surface area contributed by atoms with Crippen molar-refractivity contribution in [3.63, 3.8) is 0 Å². The van der Waals surface area contributed by atoms with Crippen LogP contribution in [0.3, 0.4) is 0 Å². The lowest BCUT2D eigenvalue weighted by Gasteiger charge is -2.18. The second-order valence-electron chi connectivity index (χ2n) is 4.71. The van der Waals surface area contributed by atoms with Crippen molar-refractivity contribution in [2.24, 2.45) is 4.99 Å². The first-order chi connectivity index (χ1) is 8.63. The highest BCUT2D eigenvalue weighted by molar-refractivity contribution is 5.63. The molecule has 2 aromatic carbocycles. The molecule has 0 amide bonds. The third-order valence-corrected chi connectivity index (χ3v) is 3.02. The number of hydrogen-bond acceptors (Lipinski definition) is 2. The van der Waals surface area contributed by atoms with Crippen molar-refractivity contribution in [2.75, 3.05) is 0 Å². The maximum Gasteiger partial charge on any atom is 0.235 e. The normalized spacial score (nSPS) is 10.8. The largest absolute Gasteiger partial charge is 0.235 e. The lowest BCUT2D eigenvalue weighted by Crippen LogP contribution is -2.12. The van der Waals surface area contributed by atoms with Crippen LogP contribution in [0.1, 0.15) is 19.4 Å². The van der Waals surface area contributed by atoms with Crippen molar-refractivity contribution in [1.29, 1.82) is 0 Å². The topological polar surface area (TPSA) is 29.4 Å². The van der Waals surface area contributed by atoms with Crippen LogP contribution >= 0.6 is 0 Å². The summed E-state index contributed by atoms with van der Waals surface area (Å²) in [6.07, 6.45) is 1.63. The fraction of sp³-hybridized carbons (Fsp3) is 0.188. The number of carbonyl (C=O) groups excluding carboxylic acids is 1. The van der Waals surface area contributed by atoms with Gasteiger partial charge in [-0.15, -0.1) is 0 Å². The van der Waals surface area contributed by atoms with Crippen LogP contribution in [0.4, 0.5) is 0 Å². The average molecular weight is 237 g/mol. The van der Waals surface area contributed by atoms with Crippen LogP contribution in [0, 0.1) is 0 Å². The number of hydrogen-bond donors (Lipinski definition) is 0. The first-order valence-corrected chi connectivity index (χ1v) is 5.88. The van der Waals surface area contributed by atoms with Crippen molar-refractivity contribution >= 4 is 6.08 Å². The van der Waals surface area contributed by atoms with Gasteiger partial charge in [0.15, 0.2) is 0 Å². The molecule has 0 saturated carbocycles. The summed E-state index contributed by atoms with van der Waals surface area (Å²) in [5.74, 6) is 0. The minimum atomic E-state index is -0.517. The quantitative estimate of drug-likeness (QED) is 0.587. The molecule has 0 atom stereocenters. The van der Waals surface area contributed by atoms with Crippen LogP contribution < -0.4 is 0 Å². The van der Waals surface area contributed by atoms with E-state index in [-0.39, 0.29) is 0 Å². The molecule has 0 aliphatic rings. The molecule has 2 aromatic rings. The standard InChI is InChI=1S/C16H15NO/c1-16(2,17-12-18)15-10-8-14(9-11-15)13-6-4-3-5-7-13/h3-11H,1-2H3. The molecular weight excluding hydrogens is 222 g/mol. The second-order valence-corrected chi connectivity index (χ2v) is 4.71. The Morgan fingerprint density at radius 2 is 1.44 bits per heavy atom. The fourth-order valence-electron chi connectivity index (χ4n) is 1.88. The van der Waals surface area contributed by atoms with Gasteiger partial charge in [0.05, 0.1) is 5.54 Å². The van der Waals surface area contributed by atoms with Crippen LogP contribution in [0.2, 0.25) is 0 Å². The summed E-state index contributed by atoms with van der Waals surface area (Å²) in [6, 6.07) is 18.3. The van der Waals surface area contributed by atoms with Gasteiger partial charge in [-0.3, -0.25) is 0 Å². The molecule has 0 N–H and O–H groups in total. The van der Waals surface area contributed by atoms with E-state index in [2.05, 4.69) is 17.1 Å². The van der Waals surface area contributed by atoms with Crippen LogP contribution in [0.5, 0.6) is 0 Å². The van der Waals surface area contributed by atoms with Gasteiger partial charge in [-0.05, 0) is 30.5 Å². The Labute approximate surface area is 107 Å². The molecule has 0 heterocycles. The highest BCUT2D eigenvalue weighted by Gasteiger charge is 2.18. The monoisotopic (exact) mass is 237 g/mol. The Morgan fingerprint density at radius 3 is 2.00 bits per heavy atom. The zero-order chi connectivity index (χ0) is 13.0. The SMILES string of the molecule is CC(C)(N=C=O)c1ccc(-c2ccccc2)cc1. The van der Waals surface area contributed by atoms with E-state index in [0.717, 1.165) is 11.1 Å². The van der Waals surface area contributed by atoms with E-state index in [1.165, 1.54) is 5.56 Å². The number of nitrogens with zero attached hydrogens (tertiary/aromatic N) is 1. The second kappa shape index (κ2) is 4.99. The third kappa shape index (κ3) is 2.55. The highest BCUT2D eigenvalue weighted by Crippen LogP contribution is 2.27. The van der Waals surface area contributed by atoms with Gasteiger partial charge in [0.25, 0.3) is 0 Å². The lowest BCUT2D eigenvalue weighted by molar-refractivity contribution is 0.523. The smallest absolute Gasteiger partial charge is 0.211 e. The molecule has 2 heteroatoms. The summed E-state index contributed by atoms with van der Waals surface area (Å²) >= 11 is 0. The van der Waals surface area contributed by atoms with E-state index < -0.39 is 5.54 Å². The van der Waals surface area contributed by atoms with E-state index in [4.69, 9.17) is 0 Å². The third-order valence-electron chi connectivity index (χ3n) is 3.02. The Morgan fingerprint density at radius 1 is 0.889 bits per heavy atom. The Bertz CT molecular complexity index is 564. The average Bonchev–Trinajstić information content (AvgIpc) is 2.40. The van der Waals surface area contributed by atoms with Crippen molar-refractivity contribution < 1.29 is 4.79 Å². The number of isocyanates is 1. The summed E-state index contributed by atoms with van der Waals surface area (Å²) in [5, 5.41) is 0. The molecule has 2 rings (SSSR count). The van der Waals surface area contributed by atoms with Crippen molar-refractivity contribution in [3.8, 4) is 11.1 Å². The van der Waals surface area contributed by atoms with Crippen LogP contribution in [-0.2, 0) is 10.3 Å². The predicted octanol–water partition coefficient (Wildman–Crippen LogP) is 3.92. The van der Waals surface area contributed by atoms with Gasteiger partial charge >= 0.3 is 0 Å². The van der Waals surface area contributed by atoms with Crippen molar-refractivity contribution in [2.45, 2.75) is 19.4 Å². The van der Waals surface area contributed by atoms with Gasteiger partial charge in [0.1, 0.15) is 0 Å². The fourth-order valence-corrected chi connectivity index (χ4v) is 1.88. The van der Waals surface area contributed by atoms with Gasteiger partial charge in [-0.2, -0.15) is 4.99 Å². The molecule has 0 aliphatic carbocycles. The van der Waals surface area contributed by atoms with E-state index >= 15 is 0 Å². The van der Waals surface area contributed by atoms with Gasteiger partial charge in [0.2, 0.25) is 6.08 Å². The first kappa shape index (κ1) is 12.3. The Hall–Kier alpha value is -2.18. The number of rotatable bonds is 3. The van der Waals surface area contributed by atoms with Crippen molar-refractivity contribution in [1.82, 2.24) is 0 Å². The molecular formula is C16H15NO. The molecule has 0 spiro atoms. The van der Waals surface area contributed by atoms with E-state index in [1.807, 2.05) is 56.3 Å². The first-order valence-electron chi connectivity index (χ1n) is 5.88. The molecule has 0 aromatic heterocycles. The minimum Gasteiger partial charge on any atom is -0.211 e. The number of aliphatic imine (C=N–C) groups is 1. The van der Waals surface area contributed by atoms with Crippen LogP contribution in [-0.4, -0.2) is 6.08 Å². The van der Waals surface area contributed by atoms with Gasteiger partial charge in [0, 0.05) is 0 Å². The predicted molar refractivity (Wildman–Crippen MR) is 73.0 cm³/mol. The van der Waals surface area contributed by atoms with E-state index in [9.17, 15) is 4.79 Å². The molecule has 0 aliphatic heterocycles. The Balaban J connectivity index is 2.34. The molecule has 2 nitrogen and oxygen atoms in total. The molecule has 90 valence electrons. The van der Waals surface area contributed by atoms with Gasteiger partial charge in [-0.25, -0.2) is 4.79 Å². The van der Waals surface area contributed by atoms with E-state index in [1.54, 1.807) is 6.08 Å². The van der Waals surface area contributed by atoms with Crippen molar-refractivity contribution in [3.05, 3.63) is 60.2 Å². The molecule has 0 bridgehead atoms. The maximum atomic E-state index is 10.4. The number of benzene rings is 2. The van der Waals surface area contributed by atoms with Crippen LogP contribution in [0.25, 0.3) is 11.1 Å². The minimum absolute atomic E-state index is 0.517. The van der Waals surface area contributed by atoms with Gasteiger partial charge < -0.3 is 0 Å². The summed E-state index contributed by atoms with van der Waals surface area (Å²) in [6.45, 7) is 3.80. The van der Waals surface area contributed by atoms with Gasteiger partial charge in [-0.1, -0.05) is 54.6 Å². The zero-order valence-electron chi connectivity index (χ0n) is 10.6. The van der Waals surface area contributed by atoms with Crippen LogP contribution in [0.15, 0.2) is 59.6 Å². The molecule has 0 fully saturated rings. The lowest BCUT2D eigenvalue weighted by atomic mass is 9.93.